The molecular weight excluding hydrogens is 601 g/mol. The Morgan fingerprint density at radius 2 is 1.48 bits per heavy atom. The van der Waals surface area contributed by atoms with Crippen LogP contribution in [0.3, 0.4) is 0 Å². The molecule has 0 unspecified atom stereocenters. The van der Waals surface area contributed by atoms with Crippen molar-refractivity contribution in [3.05, 3.63) is 142 Å². The van der Waals surface area contributed by atoms with E-state index in [1.54, 1.807) is 11.0 Å². The number of carbonyl (C=O) groups is 1. The fraction of sp³-hybridized carbons (Fsp3) is 0.316. The van der Waals surface area contributed by atoms with E-state index in [0.717, 1.165) is 11.1 Å². The van der Waals surface area contributed by atoms with E-state index in [1.807, 2.05) is 92.7 Å². The minimum atomic E-state index is -0.823. The first-order chi connectivity index (χ1) is 22.2. The number of amides is 2. The summed E-state index contributed by atoms with van der Waals surface area (Å²) in [5, 5.41) is 12.5. The molecule has 2 amide bonds. The summed E-state index contributed by atoms with van der Waals surface area (Å²) in [6.45, 7) is 6.05. The smallest absolute Gasteiger partial charge is 0.318 e. The topological polar surface area (TPSA) is 74.6 Å². The summed E-state index contributed by atoms with van der Waals surface area (Å²) in [6.07, 6.45) is 0.368. The van der Waals surface area contributed by atoms with Gasteiger partial charge in [0.15, 0.2) is 5.79 Å². The molecule has 0 aromatic heterocycles. The SMILES string of the molecule is CC1(C)O[C@@H]2[C@@H](O1)[C@@H](Cc1ccccc1)NC(=O)N(Cc1ccc(F)c(C#N)c1)[C@@H]2Cc1ccccc1.Cc1cccc(CCl)c1. The maximum absolute atomic E-state index is 14.0. The summed E-state index contributed by atoms with van der Waals surface area (Å²) in [7, 11) is 0. The van der Waals surface area contributed by atoms with Crippen LogP contribution in [0, 0.1) is 24.1 Å². The number of alkyl halides is 1. The molecule has 2 heterocycles. The van der Waals surface area contributed by atoms with E-state index in [9.17, 15) is 14.4 Å². The Balaban J connectivity index is 0.000000400. The van der Waals surface area contributed by atoms with Gasteiger partial charge in [-0.25, -0.2) is 9.18 Å². The van der Waals surface area contributed by atoms with Crippen LogP contribution in [-0.2, 0) is 34.7 Å². The van der Waals surface area contributed by atoms with Gasteiger partial charge in [-0.3, -0.25) is 0 Å². The Morgan fingerprint density at radius 1 is 0.848 bits per heavy atom. The van der Waals surface area contributed by atoms with Gasteiger partial charge in [0.2, 0.25) is 0 Å². The second-order valence-electron chi connectivity index (χ2n) is 12.2. The van der Waals surface area contributed by atoms with Gasteiger partial charge in [-0.15, -0.1) is 11.6 Å². The zero-order chi connectivity index (χ0) is 32.7. The van der Waals surface area contributed by atoms with Crippen molar-refractivity contribution < 1.29 is 18.7 Å². The zero-order valence-electron chi connectivity index (χ0n) is 26.3. The van der Waals surface area contributed by atoms with Crippen molar-refractivity contribution in [3.63, 3.8) is 0 Å². The number of rotatable bonds is 7. The number of fused-ring (bicyclic) bond motifs is 1. The Hall–Kier alpha value is -4.22. The molecule has 2 aliphatic rings. The molecule has 0 saturated carbocycles. The van der Waals surface area contributed by atoms with Gasteiger partial charge in [-0.1, -0.05) is 96.6 Å². The zero-order valence-corrected chi connectivity index (χ0v) is 27.1. The molecular formula is C38H39ClFN3O3. The number of nitrogens with zero attached hydrogens (tertiary/aromatic N) is 2. The number of benzene rings is 4. The predicted molar refractivity (Wildman–Crippen MR) is 178 cm³/mol. The number of carbonyl (C=O) groups excluding carboxylic acids is 1. The number of aryl methyl sites for hydroxylation is 1. The molecule has 4 atom stereocenters. The van der Waals surface area contributed by atoms with Crippen LogP contribution in [0.5, 0.6) is 0 Å². The van der Waals surface area contributed by atoms with Gasteiger partial charge in [0, 0.05) is 12.4 Å². The van der Waals surface area contributed by atoms with Gasteiger partial charge in [0.25, 0.3) is 0 Å². The fourth-order valence-corrected chi connectivity index (χ4v) is 6.30. The standard InChI is InChI=1S/C30H30FN3O3.C8H9Cl/c1-30(2)36-27-25(16-20-9-5-3-6-10-20)33-29(35)34(19-22-13-14-24(31)23(15-22)18-32)26(28(27)37-30)17-21-11-7-4-8-12-21;1-7-3-2-4-8(5-7)6-9/h3-15,25-28H,16-17,19H2,1-2H3,(H,33,35);2-5H,6H2,1H3/t25-,26-,27+,28+;/m1./s1. The van der Waals surface area contributed by atoms with Crippen molar-refractivity contribution in [3.8, 4) is 6.07 Å². The molecule has 4 aromatic rings. The van der Waals surface area contributed by atoms with Gasteiger partial charge in [-0.2, -0.15) is 5.26 Å². The summed E-state index contributed by atoms with van der Waals surface area (Å²) < 4.78 is 26.9. The highest BCUT2D eigenvalue weighted by molar-refractivity contribution is 6.17. The summed E-state index contributed by atoms with van der Waals surface area (Å²) in [5.41, 5.74) is 5.24. The third-order valence-corrected chi connectivity index (χ3v) is 8.55. The summed E-state index contributed by atoms with van der Waals surface area (Å²) in [4.78, 5) is 15.5. The van der Waals surface area contributed by atoms with Crippen LogP contribution < -0.4 is 5.32 Å². The van der Waals surface area contributed by atoms with Crippen LogP contribution in [-0.4, -0.2) is 41.0 Å². The monoisotopic (exact) mass is 639 g/mol. The number of nitriles is 1. The minimum absolute atomic E-state index is 0.0475. The van der Waals surface area contributed by atoms with E-state index >= 15 is 0 Å². The molecule has 6 nitrogen and oxygen atoms in total. The van der Waals surface area contributed by atoms with Crippen molar-refractivity contribution in [1.82, 2.24) is 10.2 Å². The molecule has 2 aliphatic heterocycles. The maximum atomic E-state index is 14.0. The molecule has 8 heteroatoms. The Morgan fingerprint density at radius 3 is 2.09 bits per heavy atom. The number of nitrogens with one attached hydrogen (secondary N) is 1. The lowest BCUT2D eigenvalue weighted by atomic mass is 9.91. The molecule has 2 saturated heterocycles. The molecule has 6 rings (SSSR count). The van der Waals surface area contributed by atoms with Gasteiger partial charge >= 0.3 is 6.03 Å². The van der Waals surface area contributed by atoms with Crippen LogP contribution in [0.1, 0.15) is 47.2 Å². The largest absolute Gasteiger partial charge is 0.342 e. The molecule has 0 bridgehead atoms. The van der Waals surface area contributed by atoms with Crippen LogP contribution in [0.2, 0.25) is 0 Å². The number of ether oxygens (including phenoxy) is 2. The third kappa shape index (κ3) is 8.32. The molecule has 0 spiro atoms. The second kappa shape index (κ2) is 14.9. The maximum Gasteiger partial charge on any atom is 0.318 e. The molecule has 238 valence electrons. The molecule has 2 fully saturated rings. The van der Waals surface area contributed by atoms with E-state index in [-0.39, 0.29) is 36.3 Å². The molecule has 4 aromatic carbocycles. The van der Waals surface area contributed by atoms with Crippen molar-refractivity contribution in [2.75, 3.05) is 0 Å². The van der Waals surface area contributed by atoms with E-state index in [4.69, 9.17) is 21.1 Å². The Bertz CT molecular complexity index is 1660. The van der Waals surface area contributed by atoms with Gasteiger partial charge < -0.3 is 19.7 Å². The van der Waals surface area contributed by atoms with E-state index in [2.05, 4.69) is 24.4 Å². The average molecular weight is 640 g/mol. The first kappa shape index (κ1) is 33.2. The van der Waals surface area contributed by atoms with Crippen LogP contribution >= 0.6 is 11.6 Å². The molecule has 0 radical (unpaired) electrons. The Labute approximate surface area is 275 Å². The van der Waals surface area contributed by atoms with Crippen molar-refractivity contribution in [2.24, 2.45) is 0 Å². The van der Waals surface area contributed by atoms with Crippen LogP contribution in [0.25, 0.3) is 0 Å². The lowest BCUT2D eigenvalue weighted by Gasteiger charge is -2.34. The van der Waals surface area contributed by atoms with E-state index in [0.29, 0.717) is 24.3 Å². The van der Waals surface area contributed by atoms with Gasteiger partial charge in [0.05, 0.1) is 17.6 Å². The van der Waals surface area contributed by atoms with E-state index < -0.39 is 17.7 Å². The van der Waals surface area contributed by atoms with Crippen molar-refractivity contribution >= 4 is 17.6 Å². The summed E-state index contributed by atoms with van der Waals surface area (Å²) in [6, 6.07) is 33.5. The normalized spacial score (nSPS) is 21.7. The van der Waals surface area contributed by atoms with Crippen LogP contribution in [0.4, 0.5) is 9.18 Å². The minimum Gasteiger partial charge on any atom is -0.342 e. The highest BCUT2D eigenvalue weighted by Crippen LogP contribution is 2.37. The summed E-state index contributed by atoms with van der Waals surface area (Å²) >= 11 is 5.60. The van der Waals surface area contributed by atoms with Gasteiger partial charge in [-0.05, 0) is 68.0 Å². The number of urea groups is 1. The first-order valence-electron chi connectivity index (χ1n) is 15.5. The predicted octanol–water partition coefficient (Wildman–Crippen LogP) is 7.70. The molecule has 0 aliphatic carbocycles. The third-order valence-electron chi connectivity index (χ3n) is 8.24. The van der Waals surface area contributed by atoms with Crippen molar-refractivity contribution in [1.29, 1.82) is 5.26 Å². The number of hydrogen-bond acceptors (Lipinski definition) is 4. The highest BCUT2D eigenvalue weighted by Gasteiger charge is 2.53. The average Bonchev–Trinajstić information content (AvgIpc) is 3.35. The molecule has 46 heavy (non-hydrogen) atoms. The highest BCUT2D eigenvalue weighted by atomic mass is 35.5. The van der Waals surface area contributed by atoms with Gasteiger partial charge in [0.1, 0.15) is 24.1 Å². The Kier molecular flexibility index (Phi) is 10.7. The molecule has 1 N–H and O–H groups in total. The quantitative estimate of drug-likeness (QED) is 0.210. The fourth-order valence-electron chi connectivity index (χ4n) is 6.13. The number of hydrogen-bond donors (Lipinski definition) is 1. The van der Waals surface area contributed by atoms with Crippen molar-refractivity contribution in [2.45, 2.75) is 76.1 Å². The lowest BCUT2D eigenvalue weighted by molar-refractivity contribution is -0.154. The van der Waals surface area contributed by atoms with Crippen LogP contribution in [0.15, 0.2) is 103 Å². The second-order valence-corrected chi connectivity index (χ2v) is 12.5. The number of halogens is 2. The first-order valence-corrected chi connectivity index (χ1v) is 16.0. The summed E-state index contributed by atoms with van der Waals surface area (Å²) in [5.74, 6) is -0.789. The lowest BCUT2D eigenvalue weighted by Crippen LogP contribution is -2.50. The van der Waals surface area contributed by atoms with E-state index in [1.165, 1.54) is 23.3 Å².